The lowest BCUT2D eigenvalue weighted by atomic mass is 9.75. The van der Waals surface area contributed by atoms with Gasteiger partial charge >= 0.3 is 0 Å². The minimum Gasteiger partial charge on any atom is -0.310 e. The lowest BCUT2D eigenvalue weighted by Crippen LogP contribution is -2.46. The topological polar surface area (TPSA) is 46.2 Å². The van der Waals surface area contributed by atoms with Crippen LogP contribution in [0.2, 0.25) is 0 Å². The summed E-state index contributed by atoms with van der Waals surface area (Å²) in [5, 5.41) is 3.50. The Bertz CT molecular complexity index is 544. The molecule has 1 saturated carbocycles. The van der Waals surface area contributed by atoms with E-state index in [4.69, 9.17) is 0 Å². The average molecular weight is 279 g/mol. The molecule has 19 heavy (non-hydrogen) atoms. The minimum atomic E-state index is -2.76. The molecule has 0 amide bonds. The Kier molecular flexibility index (Phi) is 3.39. The van der Waals surface area contributed by atoms with E-state index >= 15 is 0 Å². The van der Waals surface area contributed by atoms with Crippen LogP contribution in [0.15, 0.2) is 24.3 Å². The number of hydrogen-bond donors (Lipinski definition) is 1. The Morgan fingerprint density at radius 1 is 1.11 bits per heavy atom. The van der Waals surface area contributed by atoms with Gasteiger partial charge in [0.2, 0.25) is 0 Å². The highest BCUT2D eigenvalue weighted by Crippen LogP contribution is 2.37. The summed E-state index contributed by atoms with van der Waals surface area (Å²) in [4.78, 5) is 0. The first-order valence-corrected chi connectivity index (χ1v) is 8.87. The van der Waals surface area contributed by atoms with Crippen molar-refractivity contribution >= 4 is 9.84 Å². The Morgan fingerprint density at radius 3 is 2.37 bits per heavy atom. The number of nitrogens with one attached hydrogen (secondary N) is 1. The third-order valence-electron chi connectivity index (χ3n) is 4.39. The van der Waals surface area contributed by atoms with Crippen molar-refractivity contribution in [3.63, 3.8) is 0 Å². The van der Waals surface area contributed by atoms with Gasteiger partial charge in [0.25, 0.3) is 0 Å². The third kappa shape index (κ3) is 3.00. The summed E-state index contributed by atoms with van der Waals surface area (Å²) in [6, 6.07) is 9.46. The highest BCUT2D eigenvalue weighted by molar-refractivity contribution is 7.91. The SMILES string of the molecule is Cc1ccc(C2CC(NC3CCS(=O)(=O)C3)C2)cc1. The largest absolute Gasteiger partial charge is 0.310 e. The molecule has 0 bridgehead atoms. The Hall–Kier alpha value is -0.870. The fourth-order valence-corrected chi connectivity index (χ4v) is 4.81. The van der Waals surface area contributed by atoms with Crippen LogP contribution in [0.5, 0.6) is 0 Å². The van der Waals surface area contributed by atoms with Gasteiger partial charge in [-0.25, -0.2) is 8.42 Å². The summed E-state index contributed by atoms with van der Waals surface area (Å²) >= 11 is 0. The molecular formula is C15H21NO2S. The summed E-state index contributed by atoms with van der Waals surface area (Å²) in [5.74, 6) is 1.34. The maximum atomic E-state index is 11.4. The highest BCUT2D eigenvalue weighted by atomic mass is 32.2. The monoisotopic (exact) mass is 279 g/mol. The predicted molar refractivity (Wildman–Crippen MR) is 77.1 cm³/mol. The molecule has 1 unspecified atom stereocenters. The van der Waals surface area contributed by atoms with Crippen LogP contribution >= 0.6 is 0 Å². The lowest BCUT2D eigenvalue weighted by Gasteiger charge is -2.38. The number of sulfone groups is 1. The fourth-order valence-electron chi connectivity index (χ4n) is 3.12. The van der Waals surface area contributed by atoms with Crippen LogP contribution in [0, 0.1) is 6.92 Å². The van der Waals surface area contributed by atoms with Gasteiger partial charge in [0.05, 0.1) is 11.5 Å². The minimum absolute atomic E-state index is 0.189. The molecule has 0 aromatic heterocycles. The van der Waals surface area contributed by atoms with Crippen LogP contribution in [0.3, 0.4) is 0 Å². The molecular weight excluding hydrogens is 258 g/mol. The normalized spacial score (nSPS) is 33.0. The van der Waals surface area contributed by atoms with Gasteiger partial charge in [-0.3, -0.25) is 0 Å². The van der Waals surface area contributed by atoms with Crippen molar-refractivity contribution in [2.75, 3.05) is 11.5 Å². The zero-order chi connectivity index (χ0) is 13.5. The van der Waals surface area contributed by atoms with Crippen molar-refractivity contribution in [1.29, 1.82) is 0 Å². The van der Waals surface area contributed by atoms with E-state index in [1.165, 1.54) is 11.1 Å². The molecule has 2 fully saturated rings. The Balaban J connectivity index is 1.49. The van der Waals surface area contributed by atoms with Gasteiger partial charge in [0.1, 0.15) is 0 Å². The van der Waals surface area contributed by atoms with E-state index in [0.29, 0.717) is 23.5 Å². The maximum Gasteiger partial charge on any atom is 0.151 e. The van der Waals surface area contributed by atoms with Crippen molar-refractivity contribution in [2.45, 2.75) is 44.2 Å². The van der Waals surface area contributed by atoms with Crippen molar-refractivity contribution in [1.82, 2.24) is 5.32 Å². The molecule has 104 valence electrons. The summed E-state index contributed by atoms with van der Waals surface area (Å²) in [7, 11) is -2.76. The molecule has 1 N–H and O–H groups in total. The average Bonchev–Trinajstić information content (AvgIpc) is 2.64. The van der Waals surface area contributed by atoms with Gasteiger partial charge in [0, 0.05) is 12.1 Å². The Labute approximate surface area is 115 Å². The van der Waals surface area contributed by atoms with Crippen LogP contribution in [-0.2, 0) is 9.84 Å². The van der Waals surface area contributed by atoms with Gasteiger partial charge in [0.15, 0.2) is 9.84 Å². The zero-order valence-electron chi connectivity index (χ0n) is 11.3. The molecule has 1 saturated heterocycles. The molecule has 1 aliphatic carbocycles. The first-order valence-electron chi connectivity index (χ1n) is 7.05. The summed E-state index contributed by atoms with van der Waals surface area (Å²) in [5.41, 5.74) is 2.72. The standard InChI is InChI=1S/C15H21NO2S/c1-11-2-4-12(5-3-11)13-8-15(9-13)16-14-6-7-19(17,18)10-14/h2-5,13-16H,6-10H2,1H3. The summed E-state index contributed by atoms with van der Waals surface area (Å²) in [6.07, 6.45) is 3.06. The zero-order valence-corrected chi connectivity index (χ0v) is 12.1. The first-order chi connectivity index (χ1) is 9.02. The number of aryl methyl sites for hydroxylation is 1. The van der Waals surface area contributed by atoms with Crippen molar-refractivity contribution in [3.05, 3.63) is 35.4 Å². The Morgan fingerprint density at radius 2 is 1.79 bits per heavy atom. The molecule has 2 aliphatic rings. The van der Waals surface area contributed by atoms with E-state index in [1.807, 2.05) is 0 Å². The van der Waals surface area contributed by atoms with Gasteiger partial charge in [-0.05, 0) is 37.7 Å². The fraction of sp³-hybridized carbons (Fsp3) is 0.600. The molecule has 1 aliphatic heterocycles. The van der Waals surface area contributed by atoms with E-state index in [0.717, 1.165) is 19.3 Å². The summed E-state index contributed by atoms with van der Waals surface area (Å²) in [6.45, 7) is 2.11. The molecule has 1 aromatic rings. The lowest BCUT2D eigenvalue weighted by molar-refractivity contribution is 0.271. The van der Waals surface area contributed by atoms with Gasteiger partial charge in [-0.1, -0.05) is 29.8 Å². The van der Waals surface area contributed by atoms with E-state index in [9.17, 15) is 8.42 Å². The maximum absolute atomic E-state index is 11.4. The molecule has 0 radical (unpaired) electrons. The third-order valence-corrected chi connectivity index (χ3v) is 6.16. The molecule has 4 heteroatoms. The molecule has 3 nitrogen and oxygen atoms in total. The summed E-state index contributed by atoms with van der Waals surface area (Å²) < 4.78 is 22.8. The molecule has 1 aromatic carbocycles. The second kappa shape index (κ2) is 4.91. The van der Waals surface area contributed by atoms with E-state index in [-0.39, 0.29) is 6.04 Å². The molecule has 1 atom stereocenters. The van der Waals surface area contributed by atoms with Gasteiger partial charge in [-0.2, -0.15) is 0 Å². The second-order valence-corrected chi connectivity index (χ2v) is 8.27. The quantitative estimate of drug-likeness (QED) is 0.920. The van der Waals surface area contributed by atoms with Crippen molar-refractivity contribution in [2.24, 2.45) is 0 Å². The van der Waals surface area contributed by atoms with E-state index in [1.54, 1.807) is 0 Å². The van der Waals surface area contributed by atoms with Gasteiger partial charge in [-0.15, -0.1) is 0 Å². The molecule has 0 spiro atoms. The highest BCUT2D eigenvalue weighted by Gasteiger charge is 2.35. The molecule has 1 heterocycles. The second-order valence-electron chi connectivity index (χ2n) is 6.04. The van der Waals surface area contributed by atoms with Crippen LogP contribution in [0.4, 0.5) is 0 Å². The van der Waals surface area contributed by atoms with Gasteiger partial charge < -0.3 is 5.32 Å². The van der Waals surface area contributed by atoms with Crippen LogP contribution in [0.1, 0.15) is 36.3 Å². The number of rotatable bonds is 3. The smallest absolute Gasteiger partial charge is 0.151 e. The number of benzene rings is 1. The number of hydrogen-bond acceptors (Lipinski definition) is 3. The predicted octanol–water partition coefficient (Wildman–Crippen LogP) is 2.02. The van der Waals surface area contributed by atoms with E-state index in [2.05, 4.69) is 36.5 Å². The molecule has 3 rings (SSSR count). The van der Waals surface area contributed by atoms with Crippen LogP contribution in [-0.4, -0.2) is 32.0 Å². The van der Waals surface area contributed by atoms with Crippen molar-refractivity contribution < 1.29 is 8.42 Å². The van der Waals surface area contributed by atoms with Crippen LogP contribution < -0.4 is 5.32 Å². The van der Waals surface area contributed by atoms with E-state index < -0.39 is 9.84 Å². The van der Waals surface area contributed by atoms with Crippen LogP contribution in [0.25, 0.3) is 0 Å². The van der Waals surface area contributed by atoms with Crippen molar-refractivity contribution in [3.8, 4) is 0 Å². The first kappa shape index (κ1) is 13.1.